The van der Waals surface area contributed by atoms with Crippen molar-refractivity contribution in [2.45, 2.75) is 32.5 Å². The maximum atomic E-state index is 9.75. The second-order valence-electron chi connectivity index (χ2n) is 7.96. The largest absolute Gasteiger partial charge is 0.492 e. The van der Waals surface area contributed by atoms with Gasteiger partial charge in [0.25, 0.3) is 0 Å². The molecule has 9 nitrogen and oxygen atoms in total. The van der Waals surface area contributed by atoms with Crippen molar-refractivity contribution in [3.05, 3.63) is 39.8 Å². The topological polar surface area (TPSA) is 118 Å². The number of nitrogens with zero attached hydrogens (tertiary/aromatic N) is 6. The lowest BCUT2D eigenvalue weighted by Crippen LogP contribution is -2.57. The average molecular weight is 439 g/mol. The summed E-state index contributed by atoms with van der Waals surface area (Å²) in [5.41, 5.74) is 9.86. The highest BCUT2D eigenvalue weighted by Crippen LogP contribution is 2.36. The lowest BCUT2D eigenvalue weighted by atomic mass is 9.99. The van der Waals surface area contributed by atoms with Crippen molar-refractivity contribution in [2.24, 2.45) is 0 Å². The number of hydrogen-bond acceptors (Lipinski definition) is 8. The number of benzene rings is 1. The van der Waals surface area contributed by atoms with E-state index in [1.54, 1.807) is 0 Å². The average Bonchev–Trinajstić information content (AvgIpc) is 2.88. The Kier molecular flexibility index (Phi) is 5.14. The molecule has 0 radical (unpaired) electrons. The third-order valence-electron chi connectivity index (χ3n) is 6.11. The number of anilines is 1. The zero-order valence-electron chi connectivity index (χ0n) is 17.2. The summed E-state index contributed by atoms with van der Waals surface area (Å²) in [6.45, 7) is 6.46. The normalized spacial score (nSPS) is 16.9. The molecule has 0 aliphatic carbocycles. The Morgan fingerprint density at radius 3 is 2.97 bits per heavy atom. The zero-order chi connectivity index (χ0) is 21.5. The van der Waals surface area contributed by atoms with Crippen LogP contribution in [-0.2, 0) is 19.5 Å². The van der Waals surface area contributed by atoms with Crippen LogP contribution in [0.5, 0.6) is 5.75 Å². The molecule has 0 atom stereocenters. The van der Waals surface area contributed by atoms with Gasteiger partial charge in [-0.1, -0.05) is 11.6 Å². The second kappa shape index (κ2) is 7.96. The fourth-order valence-electron chi connectivity index (χ4n) is 4.36. The minimum Gasteiger partial charge on any atom is -0.492 e. The van der Waals surface area contributed by atoms with E-state index in [2.05, 4.69) is 31.4 Å². The number of aryl methyl sites for hydroxylation is 3. The van der Waals surface area contributed by atoms with Crippen molar-refractivity contribution in [1.82, 2.24) is 30.0 Å². The quantitative estimate of drug-likeness (QED) is 0.631. The van der Waals surface area contributed by atoms with Crippen LogP contribution in [0.3, 0.4) is 0 Å². The van der Waals surface area contributed by atoms with E-state index < -0.39 is 0 Å². The van der Waals surface area contributed by atoms with Crippen molar-refractivity contribution in [1.29, 1.82) is 5.26 Å². The van der Waals surface area contributed by atoms with Crippen molar-refractivity contribution in [2.75, 3.05) is 32.0 Å². The Labute approximate surface area is 184 Å². The zero-order valence-corrected chi connectivity index (χ0v) is 18.0. The van der Waals surface area contributed by atoms with E-state index in [1.165, 1.54) is 6.33 Å². The first kappa shape index (κ1) is 20.0. The number of nitrogens with two attached hydrogens (primary N) is 1. The fraction of sp³-hybridized carbons (Fsp3) is 0.429. The molecule has 4 heterocycles. The molecule has 10 heteroatoms. The Morgan fingerprint density at radius 2 is 2.23 bits per heavy atom. The van der Waals surface area contributed by atoms with Gasteiger partial charge in [-0.3, -0.25) is 4.90 Å². The first-order chi connectivity index (χ1) is 15.1. The molecule has 0 amide bonds. The summed E-state index contributed by atoms with van der Waals surface area (Å²) in [6.07, 6.45) is 2.09. The Balaban J connectivity index is 1.49. The molecule has 0 saturated carbocycles. The number of nitrogens with one attached hydrogen (secondary N) is 1. The molecule has 2 aliphatic heterocycles. The van der Waals surface area contributed by atoms with Crippen LogP contribution in [0.2, 0.25) is 5.02 Å². The van der Waals surface area contributed by atoms with Crippen LogP contribution >= 0.6 is 11.6 Å². The van der Waals surface area contributed by atoms with E-state index in [9.17, 15) is 5.26 Å². The molecule has 3 N–H and O–H groups in total. The van der Waals surface area contributed by atoms with Crippen molar-refractivity contribution >= 4 is 28.5 Å². The molecule has 0 bridgehead atoms. The van der Waals surface area contributed by atoms with E-state index in [0.29, 0.717) is 54.2 Å². The van der Waals surface area contributed by atoms with Crippen LogP contribution in [0.15, 0.2) is 12.4 Å². The summed E-state index contributed by atoms with van der Waals surface area (Å²) < 4.78 is 8.02. The highest BCUT2D eigenvalue weighted by molar-refractivity contribution is 6.32. The predicted octanol–water partition coefficient (Wildman–Crippen LogP) is 1.65. The van der Waals surface area contributed by atoms with Crippen LogP contribution in [-0.4, -0.2) is 56.9 Å². The highest BCUT2D eigenvalue weighted by Gasteiger charge is 2.30. The fourth-order valence-corrected chi connectivity index (χ4v) is 4.65. The van der Waals surface area contributed by atoms with E-state index in [4.69, 9.17) is 22.1 Å². The Hall–Kier alpha value is -2.93. The van der Waals surface area contributed by atoms with E-state index >= 15 is 0 Å². The molecule has 2 aliphatic rings. The third-order valence-corrected chi connectivity index (χ3v) is 6.41. The summed E-state index contributed by atoms with van der Waals surface area (Å²) in [6, 6.07) is 4.59. The molecular formula is C21H23ClN8O. The summed E-state index contributed by atoms with van der Waals surface area (Å²) in [5.74, 6) is 1.20. The number of nitrogen functional groups attached to an aromatic ring is 1. The lowest BCUT2D eigenvalue weighted by Gasteiger charge is -2.37. The molecule has 2 aromatic heterocycles. The molecule has 0 spiro atoms. The van der Waals surface area contributed by atoms with Crippen LogP contribution < -0.4 is 15.8 Å². The Morgan fingerprint density at radius 1 is 1.39 bits per heavy atom. The van der Waals surface area contributed by atoms with Crippen LogP contribution in [0, 0.1) is 18.3 Å². The number of rotatable bonds is 4. The van der Waals surface area contributed by atoms with Crippen molar-refractivity contribution in [3.8, 4) is 11.8 Å². The van der Waals surface area contributed by atoms with Gasteiger partial charge < -0.3 is 15.8 Å². The summed E-state index contributed by atoms with van der Waals surface area (Å²) in [5, 5.41) is 18.9. The minimum atomic E-state index is 0.429. The molecule has 3 aromatic rings. The Bertz CT molecular complexity index is 1200. The van der Waals surface area contributed by atoms with Crippen LogP contribution in [0.1, 0.15) is 22.4 Å². The van der Waals surface area contributed by atoms with Gasteiger partial charge in [-0.2, -0.15) is 10.4 Å². The number of aromatic nitrogens is 4. The van der Waals surface area contributed by atoms with E-state index in [1.807, 2.05) is 17.7 Å². The number of ether oxygens (including phenoxy) is 1. The first-order valence-electron chi connectivity index (χ1n) is 10.3. The summed E-state index contributed by atoms with van der Waals surface area (Å²) in [4.78, 5) is 10.8. The van der Waals surface area contributed by atoms with Gasteiger partial charge in [0.1, 0.15) is 30.6 Å². The smallest absolute Gasteiger partial charge is 0.163 e. The van der Waals surface area contributed by atoms with Gasteiger partial charge in [-0.05, 0) is 25.0 Å². The molecule has 31 heavy (non-hydrogen) atoms. The second-order valence-corrected chi connectivity index (χ2v) is 8.37. The van der Waals surface area contributed by atoms with Gasteiger partial charge in [0.2, 0.25) is 0 Å². The molecular weight excluding hydrogens is 416 g/mol. The van der Waals surface area contributed by atoms with Gasteiger partial charge in [0.15, 0.2) is 5.65 Å². The summed E-state index contributed by atoms with van der Waals surface area (Å²) >= 11 is 6.53. The van der Waals surface area contributed by atoms with E-state index in [0.717, 1.165) is 47.6 Å². The standard InChI is InChI=1S/C21H23ClN8O/c1-12-18-20(24)26-11-27-21(18)30(28-12)3-2-13-6-17(22)15(7-23)16-10-29(14-8-25-9-14)4-5-31-19(13)16/h6,11,14,25H,2-5,8-10H2,1H3,(H2,24,26,27). The lowest BCUT2D eigenvalue weighted by molar-refractivity contribution is 0.127. The van der Waals surface area contributed by atoms with Gasteiger partial charge in [-0.15, -0.1) is 0 Å². The molecule has 1 saturated heterocycles. The summed E-state index contributed by atoms with van der Waals surface area (Å²) in [7, 11) is 0. The SMILES string of the molecule is Cc1nn(CCc2cc(Cl)c(C#N)c3c2OCCN(C2CNC2)C3)c2ncnc(N)c12. The third kappa shape index (κ3) is 3.47. The monoisotopic (exact) mass is 438 g/mol. The van der Waals surface area contributed by atoms with Crippen molar-refractivity contribution < 1.29 is 4.74 Å². The van der Waals surface area contributed by atoms with Crippen LogP contribution in [0.4, 0.5) is 5.82 Å². The first-order valence-corrected chi connectivity index (χ1v) is 10.7. The maximum Gasteiger partial charge on any atom is 0.163 e. The molecule has 0 unspecified atom stereocenters. The molecule has 5 rings (SSSR count). The van der Waals surface area contributed by atoms with Gasteiger partial charge in [0, 0.05) is 44.3 Å². The van der Waals surface area contributed by atoms with E-state index in [-0.39, 0.29) is 0 Å². The van der Waals surface area contributed by atoms with Gasteiger partial charge in [0.05, 0.1) is 21.7 Å². The van der Waals surface area contributed by atoms with Gasteiger partial charge in [-0.25, -0.2) is 14.6 Å². The molecule has 1 aromatic carbocycles. The molecule has 1 fully saturated rings. The maximum absolute atomic E-state index is 9.75. The van der Waals surface area contributed by atoms with Gasteiger partial charge >= 0.3 is 0 Å². The number of halogens is 1. The van der Waals surface area contributed by atoms with Crippen molar-refractivity contribution in [3.63, 3.8) is 0 Å². The predicted molar refractivity (Wildman–Crippen MR) is 117 cm³/mol. The number of fused-ring (bicyclic) bond motifs is 2. The minimum absolute atomic E-state index is 0.429. The number of hydrogen-bond donors (Lipinski definition) is 2. The highest BCUT2D eigenvalue weighted by atomic mass is 35.5. The number of nitriles is 1. The molecule has 160 valence electrons. The van der Waals surface area contributed by atoms with Crippen LogP contribution in [0.25, 0.3) is 11.0 Å².